The lowest BCUT2D eigenvalue weighted by Gasteiger charge is -2.48. The Kier molecular flexibility index (Phi) is 5.27. The molecule has 138 valence electrons. The van der Waals surface area contributed by atoms with Crippen LogP contribution in [0.4, 0.5) is 4.79 Å². The van der Waals surface area contributed by atoms with E-state index in [1.165, 1.54) is 0 Å². The van der Waals surface area contributed by atoms with E-state index in [2.05, 4.69) is 10.5 Å². The number of hydrogen-bond donors (Lipinski definition) is 2. The molecular weight excluding hydrogens is 324 g/mol. The summed E-state index contributed by atoms with van der Waals surface area (Å²) >= 11 is 0. The van der Waals surface area contributed by atoms with Crippen molar-refractivity contribution >= 4 is 11.9 Å². The van der Waals surface area contributed by atoms with Gasteiger partial charge in [0.2, 0.25) is 5.91 Å². The van der Waals surface area contributed by atoms with E-state index in [0.717, 1.165) is 31.5 Å². The minimum Gasteiger partial charge on any atom is -0.395 e. The molecule has 2 saturated heterocycles. The predicted molar refractivity (Wildman–Crippen MR) is 89.6 cm³/mol. The van der Waals surface area contributed by atoms with Gasteiger partial charge in [0.15, 0.2) is 5.76 Å². The SMILES string of the molecule is Cc1cc(CNC(=O)N2CCC[C@]3(CCC(=O)N(CCO)C3)C2)on1. The number of carbonyl (C=O) groups excluding carboxylic acids is 2. The number of likely N-dealkylation sites (tertiary alicyclic amines) is 2. The molecule has 1 aromatic rings. The summed E-state index contributed by atoms with van der Waals surface area (Å²) in [6, 6.07) is 1.69. The summed E-state index contributed by atoms with van der Waals surface area (Å²) in [5.41, 5.74) is 0.735. The minimum absolute atomic E-state index is 0.0252. The van der Waals surface area contributed by atoms with E-state index in [0.29, 0.717) is 38.4 Å². The molecule has 25 heavy (non-hydrogen) atoms. The van der Waals surface area contributed by atoms with Crippen LogP contribution in [-0.2, 0) is 11.3 Å². The van der Waals surface area contributed by atoms with Crippen LogP contribution in [0.2, 0.25) is 0 Å². The van der Waals surface area contributed by atoms with Gasteiger partial charge in [-0.05, 0) is 26.2 Å². The summed E-state index contributed by atoms with van der Waals surface area (Å²) in [5, 5.41) is 15.9. The number of hydrogen-bond acceptors (Lipinski definition) is 5. The first-order valence-electron chi connectivity index (χ1n) is 8.85. The number of amides is 3. The number of urea groups is 1. The van der Waals surface area contributed by atoms with E-state index < -0.39 is 0 Å². The molecule has 1 spiro atoms. The second-order valence-corrected chi connectivity index (χ2v) is 7.16. The molecule has 0 bridgehead atoms. The number of carbonyl (C=O) groups is 2. The molecule has 0 aromatic carbocycles. The normalized spacial score (nSPS) is 24.0. The van der Waals surface area contributed by atoms with Crippen LogP contribution in [0.1, 0.15) is 37.1 Å². The van der Waals surface area contributed by atoms with E-state index >= 15 is 0 Å². The van der Waals surface area contributed by atoms with Crippen molar-refractivity contribution in [3.8, 4) is 0 Å². The van der Waals surface area contributed by atoms with Crippen LogP contribution in [0.5, 0.6) is 0 Å². The number of piperidine rings is 2. The predicted octanol–water partition coefficient (Wildman–Crippen LogP) is 0.890. The Balaban J connectivity index is 1.58. The van der Waals surface area contributed by atoms with Crippen molar-refractivity contribution in [1.82, 2.24) is 20.3 Å². The number of nitrogens with zero attached hydrogens (tertiary/aromatic N) is 3. The second-order valence-electron chi connectivity index (χ2n) is 7.16. The third kappa shape index (κ3) is 4.12. The smallest absolute Gasteiger partial charge is 0.317 e. The van der Waals surface area contributed by atoms with Crippen LogP contribution in [0.15, 0.2) is 10.6 Å². The molecule has 3 amide bonds. The number of rotatable bonds is 4. The topological polar surface area (TPSA) is 98.9 Å². The molecule has 2 aliphatic heterocycles. The van der Waals surface area contributed by atoms with Crippen molar-refractivity contribution in [2.75, 3.05) is 32.8 Å². The summed E-state index contributed by atoms with van der Waals surface area (Å²) < 4.78 is 5.11. The number of aliphatic hydroxyl groups is 1. The molecule has 3 heterocycles. The standard InChI is InChI=1S/C17H26N4O4/c1-13-9-14(25-19-13)10-18-16(24)21-6-2-4-17(12-21)5-3-15(23)20(11-17)7-8-22/h9,22H,2-8,10-12H2,1H3,(H,18,24)/t17-/m1/s1. The zero-order chi connectivity index (χ0) is 17.9. The molecule has 1 aromatic heterocycles. The monoisotopic (exact) mass is 350 g/mol. The zero-order valence-corrected chi connectivity index (χ0v) is 14.7. The number of nitrogens with one attached hydrogen (secondary N) is 1. The minimum atomic E-state index is -0.112. The first kappa shape index (κ1) is 17.7. The molecule has 0 saturated carbocycles. The third-order valence-corrected chi connectivity index (χ3v) is 5.16. The Morgan fingerprint density at radius 2 is 2.28 bits per heavy atom. The van der Waals surface area contributed by atoms with Gasteiger partial charge in [-0.1, -0.05) is 5.16 Å². The summed E-state index contributed by atoms with van der Waals surface area (Å²) in [6.45, 7) is 4.49. The molecule has 0 unspecified atom stereocenters. The molecule has 0 aliphatic carbocycles. The molecule has 2 N–H and O–H groups in total. The quantitative estimate of drug-likeness (QED) is 0.840. The molecule has 1 atom stereocenters. The van der Waals surface area contributed by atoms with Crippen molar-refractivity contribution < 1.29 is 19.2 Å². The van der Waals surface area contributed by atoms with Crippen LogP contribution in [0.3, 0.4) is 0 Å². The zero-order valence-electron chi connectivity index (χ0n) is 14.7. The molecule has 2 fully saturated rings. The number of β-amino-alcohol motifs (C(OH)–C–C–N with tert-alkyl or cyclic N) is 1. The van der Waals surface area contributed by atoms with E-state index in [1.54, 1.807) is 11.0 Å². The third-order valence-electron chi connectivity index (χ3n) is 5.16. The summed E-state index contributed by atoms with van der Waals surface area (Å²) in [5.74, 6) is 0.733. The van der Waals surface area contributed by atoms with Gasteiger partial charge in [0.05, 0.1) is 18.8 Å². The van der Waals surface area contributed by atoms with Crippen molar-refractivity contribution in [1.29, 1.82) is 0 Å². The second kappa shape index (κ2) is 7.43. The number of aliphatic hydroxyl groups excluding tert-OH is 1. The van der Waals surface area contributed by atoms with Crippen LogP contribution < -0.4 is 5.32 Å². The summed E-state index contributed by atoms with van der Waals surface area (Å²) in [6.07, 6.45) is 3.23. The molecule has 8 nitrogen and oxygen atoms in total. The molecular formula is C17H26N4O4. The number of aryl methyl sites for hydroxylation is 1. The maximum Gasteiger partial charge on any atom is 0.317 e. The fourth-order valence-electron chi connectivity index (χ4n) is 3.92. The largest absolute Gasteiger partial charge is 0.395 e. The van der Waals surface area contributed by atoms with Gasteiger partial charge in [0.25, 0.3) is 0 Å². The van der Waals surface area contributed by atoms with Crippen molar-refractivity contribution in [2.24, 2.45) is 5.41 Å². The Morgan fingerprint density at radius 1 is 1.44 bits per heavy atom. The van der Waals surface area contributed by atoms with Crippen molar-refractivity contribution in [3.05, 3.63) is 17.5 Å². The highest BCUT2D eigenvalue weighted by Crippen LogP contribution is 2.38. The highest BCUT2D eigenvalue weighted by Gasteiger charge is 2.42. The fraction of sp³-hybridized carbons (Fsp3) is 0.706. The summed E-state index contributed by atoms with van der Waals surface area (Å²) in [7, 11) is 0. The molecule has 8 heteroatoms. The highest BCUT2D eigenvalue weighted by molar-refractivity contribution is 5.77. The van der Waals surface area contributed by atoms with E-state index in [1.807, 2.05) is 11.8 Å². The van der Waals surface area contributed by atoms with E-state index in [-0.39, 0.29) is 24.0 Å². The molecule has 2 aliphatic rings. The average molecular weight is 350 g/mol. The van der Waals surface area contributed by atoms with Gasteiger partial charge in [-0.3, -0.25) is 4.79 Å². The Labute approximate surface area is 147 Å². The maximum absolute atomic E-state index is 12.5. The van der Waals surface area contributed by atoms with Gasteiger partial charge < -0.3 is 24.7 Å². The lowest BCUT2D eigenvalue weighted by atomic mass is 9.73. The number of aromatic nitrogens is 1. The van der Waals surface area contributed by atoms with Gasteiger partial charge in [0.1, 0.15) is 0 Å². The lowest BCUT2D eigenvalue weighted by Crippen LogP contribution is -2.56. The van der Waals surface area contributed by atoms with Crippen LogP contribution in [-0.4, -0.2) is 64.8 Å². The van der Waals surface area contributed by atoms with Gasteiger partial charge in [-0.25, -0.2) is 4.79 Å². The molecule has 3 rings (SSSR count). The van der Waals surface area contributed by atoms with Gasteiger partial charge in [-0.15, -0.1) is 0 Å². The Hall–Kier alpha value is -2.09. The first-order valence-corrected chi connectivity index (χ1v) is 8.85. The lowest BCUT2D eigenvalue weighted by molar-refractivity contribution is -0.139. The average Bonchev–Trinajstić information content (AvgIpc) is 3.02. The Bertz CT molecular complexity index is 632. The van der Waals surface area contributed by atoms with Crippen LogP contribution in [0.25, 0.3) is 0 Å². The highest BCUT2D eigenvalue weighted by atomic mass is 16.5. The van der Waals surface area contributed by atoms with Crippen molar-refractivity contribution in [2.45, 2.75) is 39.2 Å². The summed E-state index contributed by atoms with van der Waals surface area (Å²) in [4.78, 5) is 28.1. The van der Waals surface area contributed by atoms with Gasteiger partial charge in [-0.2, -0.15) is 0 Å². The maximum atomic E-state index is 12.5. The Morgan fingerprint density at radius 3 is 3.00 bits per heavy atom. The van der Waals surface area contributed by atoms with Crippen molar-refractivity contribution in [3.63, 3.8) is 0 Å². The van der Waals surface area contributed by atoms with Gasteiger partial charge >= 0.3 is 6.03 Å². The van der Waals surface area contributed by atoms with Crippen LogP contribution >= 0.6 is 0 Å². The fourth-order valence-corrected chi connectivity index (χ4v) is 3.92. The van der Waals surface area contributed by atoms with E-state index in [4.69, 9.17) is 9.63 Å². The van der Waals surface area contributed by atoms with Gasteiger partial charge in [0, 0.05) is 44.1 Å². The van der Waals surface area contributed by atoms with E-state index in [9.17, 15) is 9.59 Å². The van der Waals surface area contributed by atoms with Crippen LogP contribution in [0, 0.1) is 12.3 Å². The first-order chi connectivity index (χ1) is 12.0. The molecule has 0 radical (unpaired) electrons.